The van der Waals surface area contributed by atoms with Gasteiger partial charge < -0.3 is 0 Å². The SMILES string of the molecule is Cc1cc(C)c(C)s1.Cc1ccc(C)c(Cl)c1F.Cc1ccc(C)c(Cl)c1F.Cc1ccc(C)c(F)c1F. The van der Waals surface area contributed by atoms with Crippen LogP contribution in [0, 0.1) is 85.6 Å². The maximum absolute atomic E-state index is 12.9. The Morgan fingerprint density at radius 1 is 0.447 bits per heavy atom. The standard InChI is InChI=1S/2C8H8ClF.C8H8F2.C7H10S/c3*1-5-3-4-6(2)8(10)7(5)9;1-5-4-6(2)8-7(5)3/h3*3-4H,1-2H3;4H,1-3H3. The summed E-state index contributed by atoms with van der Waals surface area (Å²) in [6, 6.07) is 12.4. The van der Waals surface area contributed by atoms with Crippen LogP contribution in [0.4, 0.5) is 17.6 Å². The second kappa shape index (κ2) is 15.3. The van der Waals surface area contributed by atoms with Gasteiger partial charge in [0, 0.05) is 9.75 Å². The molecule has 0 nitrogen and oxygen atoms in total. The van der Waals surface area contributed by atoms with Crippen LogP contribution in [0.3, 0.4) is 0 Å². The van der Waals surface area contributed by atoms with E-state index >= 15 is 0 Å². The molecule has 206 valence electrons. The zero-order valence-corrected chi connectivity index (χ0v) is 25.5. The van der Waals surface area contributed by atoms with E-state index in [1.807, 2.05) is 11.3 Å². The first-order valence-electron chi connectivity index (χ1n) is 11.9. The Bertz CT molecular complexity index is 1140. The van der Waals surface area contributed by atoms with Gasteiger partial charge in [0.1, 0.15) is 11.6 Å². The van der Waals surface area contributed by atoms with Crippen molar-refractivity contribution >= 4 is 34.5 Å². The molecule has 0 radical (unpaired) electrons. The lowest BCUT2D eigenvalue weighted by Crippen LogP contribution is -1.91. The Kier molecular flexibility index (Phi) is 13.6. The highest BCUT2D eigenvalue weighted by atomic mass is 35.5. The first kappa shape index (κ1) is 33.7. The summed E-state index contributed by atoms with van der Waals surface area (Å²) in [6.07, 6.45) is 0. The molecule has 0 bridgehead atoms. The van der Waals surface area contributed by atoms with Crippen molar-refractivity contribution < 1.29 is 17.6 Å². The molecule has 0 spiro atoms. The summed E-state index contributed by atoms with van der Waals surface area (Å²) < 4.78 is 51.0. The molecule has 4 rings (SSSR count). The van der Waals surface area contributed by atoms with Crippen LogP contribution >= 0.6 is 34.5 Å². The third-order valence-electron chi connectivity index (χ3n) is 5.69. The molecule has 0 amide bonds. The van der Waals surface area contributed by atoms with E-state index in [0.717, 1.165) is 11.1 Å². The Balaban J connectivity index is 0.000000254. The molecule has 0 aliphatic rings. The Hall–Kier alpha value is -2.34. The number of halogens is 6. The second-order valence-corrected chi connectivity index (χ2v) is 11.3. The fraction of sp³-hybridized carbons (Fsp3) is 0.290. The Morgan fingerprint density at radius 2 is 0.737 bits per heavy atom. The molecule has 1 heterocycles. The quantitative estimate of drug-likeness (QED) is 0.180. The Labute approximate surface area is 238 Å². The van der Waals surface area contributed by atoms with Crippen LogP contribution in [-0.4, -0.2) is 0 Å². The van der Waals surface area contributed by atoms with Gasteiger partial charge >= 0.3 is 0 Å². The highest BCUT2D eigenvalue weighted by molar-refractivity contribution is 7.12. The number of hydrogen-bond acceptors (Lipinski definition) is 1. The minimum Gasteiger partial charge on any atom is -0.205 e. The van der Waals surface area contributed by atoms with Crippen LogP contribution in [-0.2, 0) is 0 Å². The van der Waals surface area contributed by atoms with Gasteiger partial charge in [0.15, 0.2) is 11.6 Å². The number of hydrogen-bond donors (Lipinski definition) is 0. The lowest BCUT2D eigenvalue weighted by Gasteiger charge is -2.00. The highest BCUT2D eigenvalue weighted by Gasteiger charge is 2.06. The molecule has 3 aromatic carbocycles. The summed E-state index contributed by atoms with van der Waals surface area (Å²) in [6.45, 7) is 16.5. The van der Waals surface area contributed by atoms with Crippen LogP contribution in [0.15, 0.2) is 42.5 Å². The summed E-state index contributed by atoms with van der Waals surface area (Å²) in [4.78, 5) is 2.86. The average Bonchev–Trinajstić information content (AvgIpc) is 3.18. The van der Waals surface area contributed by atoms with Gasteiger partial charge in [0.2, 0.25) is 0 Å². The highest BCUT2D eigenvalue weighted by Crippen LogP contribution is 2.22. The monoisotopic (exact) mass is 584 g/mol. The van der Waals surface area contributed by atoms with Crippen LogP contribution in [0.2, 0.25) is 10.0 Å². The van der Waals surface area contributed by atoms with Gasteiger partial charge in [-0.15, -0.1) is 11.3 Å². The van der Waals surface area contributed by atoms with Crippen molar-refractivity contribution in [2.24, 2.45) is 0 Å². The second-order valence-electron chi connectivity index (χ2n) is 9.08. The zero-order valence-electron chi connectivity index (χ0n) is 23.2. The molecular weight excluding hydrogens is 551 g/mol. The Morgan fingerprint density at radius 3 is 0.947 bits per heavy atom. The molecular formula is C31H34Cl2F4S. The van der Waals surface area contributed by atoms with Crippen molar-refractivity contribution in [1.29, 1.82) is 0 Å². The minimum atomic E-state index is -0.736. The number of aryl methyl sites for hydroxylation is 9. The van der Waals surface area contributed by atoms with Gasteiger partial charge in [-0.1, -0.05) is 59.6 Å². The van der Waals surface area contributed by atoms with Crippen molar-refractivity contribution in [3.63, 3.8) is 0 Å². The van der Waals surface area contributed by atoms with E-state index in [0.29, 0.717) is 22.3 Å². The van der Waals surface area contributed by atoms with E-state index in [9.17, 15) is 17.6 Å². The van der Waals surface area contributed by atoms with Crippen LogP contribution in [0.5, 0.6) is 0 Å². The number of rotatable bonds is 0. The van der Waals surface area contributed by atoms with Crippen molar-refractivity contribution in [3.8, 4) is 0 Å². The molecule has 4 aromatic rings. The van der Waals surface area contributed by atoms with E-state index in [4.69, 9.17) is 23.2 Å². The van der Waals surface area contributed by atoms with Gasteiger partial charge in [0.05, 0.1) is 10.0 Å². The van der Waals surface area contributed by atoms with Crippen LogP contribution < -0.4 is 0 Å². The first-order chi connectivity index (χ1) is 17.6. The number of thiophene rings is 1. The predicted molar refractivity (Wildman–Crippen MR) is 156 cm³/mol. The molecule has 0 aliphatic heterocycles. The maximum Gasteiger partial charge on any atom is 0.161 e. The van der Waals surface area contributed by atoms with E-state index in [2.05, 4.69) is 26.8 Å². The molecule has 0 atom stereocenters. The van der Waals surface area contributed by atoms with Gasteiger partial charge in [0.25, 0.3) is 0 Å². The fourth-order valence-corrected chi connectivity index (χ4v) is 4.35. The van der Waals surface area contributed by atoms with Crippen molar-refractivity contribution in [2.45, 2.75) is 62.3 Å². The van der Waals surface area contributed by atoms with E-state index in [-0.39, 0.29) is 21.7 Å². The third kappa shape index (κ3) is 9.76. The molecule has 0 fully saturated rings. The largest absolute Gasteiger partial charge is 0.205 e. The lowest BCUT2D eigenvalue weighted by molar-refractivity contribution is 0.497. The number of benzene rings is 3. The third-order valence-corrected chi connectivity index (χ3v) is 7.69. The molecule has 7 heteroatoms. The molecule has 0 saturated heterocycles. The van der Waals surface area contributed by atoms with Crippen LogP contribution in [0.1, 0.15) is 48.7 Å². The average molecular weight is 586 g/mol. The van der Waals surface area contributed by atoms with Crippen molar-refractivity contribution in [2.75, 3.05) is 0 Å². The normalized spacial score (nSPS) is 9.97. The lowest BCUT2D eigenvalue weighted by atomic mass is 10.1. The maximum atomic E-state index is 12.9. The van der Waals surface area contributed by atoms with E-state index in [1.54, 1.807) is 64.1 Å². The van der Waals surface area contributed by atoms with Crippen LogP contribution in [0.25, 0.3) is 0 Å². The minimum absolute atomic E-state index is 0.236. The van der Waals surface area contributed by atoms with E-state index in [1.165, 1.54) is 29.2 Å². The topological polar surface area (TPSA) is 0 Å². The van der Waals surface area contributed by atoms with Gasteiger partial charge in [-0.05, 0) is 107 Å². The summed E-state index contributed by atoms with van der Waals surface area (Å²) >= 11 is 13.1. The summed E-state index contributed by atoms with van der Waals surface area (Å²) in [7, 11) is 0. The molecule has 38 heavy (non-hydrogen) atoms. The molecule has 0 unspecified atom stereocenters. The molecule has 0 aliphatic carbocycles. The molecule has 0 N–H and O–H groups in total. The smallest absolute Gasteiger partial charge is 0.161 e. The molecule has 1 aromatic heterocycles. The predicted octanol–water partition coefficient (Wildman–Crippen LogP) is 11.4. The van der Waals surface area contributed by atoms with Gasteiger partial charge in [-0.2, -0.15) is 0 Å². The van der Waals surface area contributed by atoms with Gasteiger partial charge in [-0.3, -0.25) is 0 Å². The van der Waals surface area contributed by atoms with E-state index < -0.39 is 11.6 Å². The summed E-state index contributed by atoms with van der Waals surface area (Å²) in [5.41, 5.74) is 4.87. The van der Waals surface area contributed by atoms with Gasteiger partial charge in [-0.25, -0.2) is 17.6 Å². The van der Waals surface area contributed by atoms with Crippen molar-refractivity contribution in [1.82, 2.24) is 0 Å². The zero-order chi connectivity index (χ0) is 29.3. The fourth-order valence-electron chi connectivity index (χ4n) is 2.99. The van der Waals surface area contributed by atoms with Crippen molar-refractivity contribution in [3.05, 3.63) is 124 Å². The summed E-state index contributed by atoms with van der Waals surface area (Å²) in [5, 5.41) is 0.472. The summed E-state index contributed by atoms with van der Waals surface area (Å²) in [5.74, 6) is -2.08. The first-order valence-corrected chi connectivity index (χ1v) is 13.4. The molecule has 0 saturated carbocycles.